The van der Waals surface area contributed by atoms with Gasteiger partial charge >= 0.3 is 19.2 Å². The monoisotopic (exact) mass is 248 g/mol. The van der Waals surface area contributed by atoms with Gasteiger partial charge in [0.05, 0.1) is 10.5 Å². The summed E-state index contributed by atoms with van der Waals surface area (Å²) in [5.74, 6) is -0.667. The van der Waals surface area contributed by atoms with Crippen LogP contribution in [0.25, 0.3) is 0 Å². The highest BCUT2D eigenvalue weighted by atomic mass is 31.2. The Kier molecular flexibility index (Phi) is 3.20. The minimum atomic E-state index is -4.74. The quantitative estimate of drug-likeness (QED) is 0.339. The molecule has 1 aromatic carbocycles. The SMILES string of the molecule is O=C(c1ccc(O)c([N+](=O)[O-])c1)[P+](O)(O)O. The van der Waals surface area contributed by atoms with Gasteiger partial charge in [0.25, 0.3) is 0 Å². The predicted octanol–water partition coefficient (Wildman–Crippen LogP) is 0.180. The lowest BCUT2D eigenvalue weighted by molar-refractivity contribution is -0.385. The molecule has 0 amide bonds. The molecule has 0 aromatic heterocycles. The lowest BCUT2D eigenvalue weighted by atomic mass is 10.2. The third kappa shape index (κ3) is 2.50. The number of nitro groups is 1. The van der Waals surface area contributed by atoms with Crippen molar-refractivity contribution in [2.75, 3.05) is 0 Å². The number of carbonyl (C=O) groups excluding carboxylic acids is 1. The van der Waals surface area contributed by atoms with E-state index >= 15 is 0 Å². The molecular weight excluding hydrogens is 241 g/mol. The van der Waals surface area contributed by atoms with Gasteiger partial charge in [0.15, 0.2) is 5.75 Å². The molecule has 9 heteroatoms. The number of rotatable bonds is 3. The fraction of sp³-hybridized carbons (Fsp3) is 0. The van der Waals surface area contributed by atoms with Crippen molar-refractivity contribution in [3.63, 3.8) is 0 Å². The summed E-state index contributed by atoms with van der Waals surface area (Å²) in [5, 5.41) is 19.5. The highest BCUT2D eigenvalue weighted by molar-refractivity contribution is 7.76. The van der Waals surface area contributed by atoms with Crippen molar-refractivity contribution in [2.45, 2.75) is 0 Å². The summed E-state index contributed by atoms with van der Waals surface area (Å²) >= 11 is 0. The van der Waals surface area contributed by atoms with Crippen molar-refractivity contribution in [3.8, 4) is 5.75 Å². The first kappa shape index (κ1) is 12.5. The lowest BCUT2D eigenvalue weighted by Crippen LogP contribution is -2.06. The zero-order valence-electron chi connectivity index (χ0n) is 7.64. The van der Waals surface area contributed by atoms with Gasteiger partial charge < -0.3 is 5.11 Å². The van der Waals surface area contributed by atoms with E-state index in [2.05, 4.69) is 0 Å². The Hall–Kier alpha value is -1.60. The summed E-state index contributed by atoms with van der Waals surface area (Å²) in [6.07, 6.45) is 0. The van der Waals surface area contributed by atoms with Gasteiger partial charge in [-0.2, -0.15) is 14.7 Å². The minimum Gasteiger partial charge on any atom is -0.502 e. The smallest absolute Gasteiger partial charge is 0.483 e. The van der Waals surface area contributed by atoms with Crippen LogP contribution < -0.4 is 0 Å². The first-order valence-electron chi connectivity index (χ1n) is 3.83. The maximum Gasteiger partial charge on any atom is 0.483 e. The molecule has 4 N–H and O–H groups in total. The van der Waals surface area contributed by atoms with Crippen LogP contribution in [0.1, 0.15) is 10.4 Å². The Morgan fingerprint density at radius 2 is 1.88 bits per heavy atom. The van der Waals surface area contributed by atoms with Crippen LogP contribution in [0.3, 0.4) is 0 Å². The molecule has 0 unspecified atom stereocenters. The molecule has 0 fully saturated rings. The van der Waals surface area contributed by atoms with Gasteiger partial charge in [0.1, 0.15) is 0 Å². The number of carbonyl (C=O) groups is 1. The lowest BCUT2D eigenvalue weighted by Gasteiger charge is -2.02. The van der Waals surface area contributed by atoms with E-state index in [1.54, 1.807) is 0 Å². The van der Waals surface area contributed by atoms with Gasteiger partial charge in [0, 0.05) is 6.07 Å². The molecule has 0 saturated carbocycles. The zero-order valence-corrected chi connectivity index (χ0v) is 8.53. The van der Waals surface area contributed by atoms with Crippen LogP contribution in [0.2, 0.25) is 0 Å². The summed E-state index contributed by atoms with van der Waals surface area (Å²) in [4.78, 5) is 46.6. The topological polar surface area (TPSA) is 141 Å². The van der Waals surface area contributed by atoms with Crippen LogP contribution in [0.15, 0.2) is 18.2 Å². The number of nitro benzene ring substituents is 1. The van der Waals surface area contributed by atoms with E-state index in [4.69, 9.17) is 19.8 Å². The highest BCUT2D eigenvalue weighted by Crippen LogP contribution is 2.48. The Balaban J connectivity index is 3.24. The summed E-state index contributed by atoms with van der Waals surface area (Å²) in [6, 6.07) is 2.43. The molecule has 0 heterocycles. The van der Waals surface area contributed by atoms with Crippen LogP contribution in [0.4, 0.5) is 5.69 Å². The van der Waals surface area contributed by atoms with Crippen molar-refractivity contribution in [1.82, 2.24) is 0 Å². The van der Waals surface area contributed by atoms with E-state index in [0.717, 1.165) is 12.1 Å². The second-order valence-electron chi connectivity index (χ2n) is 2.83. The second kappa shape index (κ2) is 4.11. The third-order valence-electron chi connectivity index (χ3n) is 1.69. The van der Waals surface area contributed by atoms with Crippen molar-refractivity contribution in [2.24, 2.45) is 0 Å². The second-order valence-corrected chi connectivity index (χ2v) is 4.38. The van der Waals surface area contributed by atoms with Crippen LogP contribution in [-0.2, 0) is 0 Å². The average molecular weight is 248 g/mol. The highest BCUT2D eigenvalue weighted by Gasteiger charge is 2.44. The Morgan fingerprint density at radius 1 is 1.31 bits per heavy atom. The summed E-state index contributed by atoms with van der Waals surface area (Å²) in [7, 11) is -4.74. The maximum absolute atomic E-state index is 11.1. The number of hydrogen-bond acceptors (Lipinski definition) is 7. The first-order valence-corrected chi connectivity index (χ1v) is 5.48. The van der Waals surface area contributed by atoms with Gasteiger partial charge in [-0.15, -0.1) is 0 Å². The summed E-state index contributed by atoms with van der Waals surface area (Å²) in [6.45, 7) is 0. The number of benzene rings is 1. The Labute approximate surface area is 89.1 Å². The first-order chi connectivity index (χ1) is 7.23. The van der Waals surface area contributed by atoms with E-state index in [-0.39, 0.29) is 0 Å². The molecule has 0 aliphatic carbocycles. The van der Waals surface area contributed by atoms with Gasteiger partial charge in [0.2, 0.25) is 0 Å². The van der Waals surface area contributed by atoms with Gasteiger partial charge in [-0.3, -0.25) is 10.1 Å². The van der Waals surface area contributed by atoms with Crippen LogP contribution >= 0.6 is 7.94 Å². The molecule has 0 bridgehead atoms. The third-order valence-corrected chi connectivity index (χ3v) is 2.49. The molecule has 16 heavy (non-hydrogen) atoms. The Morgan fingerprint density at radius 3 is 2.31 bits per heavy atom. The standard InChI is InChI=1S/C7H6NO7P/c9-6-2-1-4(3-5(6)8(11)12)7(10)16(13,14)15/h1-3,13-15H/p+1. The number of phenolic OH excluding ortho intramolecular Hbond substituents is 1. The fourth-order valence-electron chi connectivity index (χ4n) is 0.976. The van der Waals surface area contributed by atoms with Gasteiger partial charge in [-0.05, 0) is 12.1 Å². The molecule has 1 rings (SSSR count). The molecule has 0 radical (unpaired) electrons. The average Bonchev–Trinajstić information content (AvgIpc) is 2.15. The number of nitrogens with zero attached hydrogens (tertiary/aromatic N) is 1. The number of hydrogen-bond donors (Lipinski definition) is 4. The molecular formula is C7H7NO7P+. The summed E-state index contributed by atoms with van der Waals surface area (Å²) in [5.41, 5.74) is -2.65. The molecule has 1 aromatic rings. The van der Waals surface area contributed by atoms with Gasteiger partial charge in [-0.25, -0.2) is 4.79 Å². The summed E-state index contributed by atoms with van der Waals surface area (Å²) < 4.78 is 0. The molecule has 86 valence electrons. The van der Waals surface area contributed by atoms with Crippen molar-refractivity contribution >= 4 is 19.2 Å². The number of phenols is 1. The van der Waals surface area contributed by atoms with Crippen molar-refractivity contribution in [1.29, 1.82) is 0 Å². The number of aromatic hydroxyl groups is 1. The molecule has 0 atom stereocenters. The van der Waals surface area contributed by atoms with Crippen molar-refractivity contribution in [3.05, 3.63) is 33.9 Å². The Bertz CT molecular complexity index is 453. The zero-order chi connectivity index (χ0) is 12.5. The maximum atomic E-state index is 11.1. The minimum absolute atomic E-state index is 0.467. The van der Waals surface area contributed by atoms with Crippen LogP contribution in [0.5, 0.6) is 5.75 Å². The van der Waals surface area contributed by atoms with E-state index in [0.29, 0.717) is 6.07 Å². The normalized spacial score (nSPS) is 11.2. The van der Waals surface area contributed by atoms with Crippen LogP contribution in [0, 0.1) is 10.1 Å². The van der Waals surface area contributed by atoms with Crippen LogP contribution in [-0.4, -0.2) is 30.2 Å². The van der Waals surface area contributed by atoms with E-state index in [1.165, 1.54) is 0 Å². The molecule has 0 spiro atoms. The van der Waals surface area contributed by atoms with E-state index in [9.17, 15) is 14.9 Å². The molecule has 0 aliphatic rings. The molecule has 0 saturated heterocycles. The van der Waals surface area contributed by atoms with Gasteiger partial charge in [-0.1, -0.05) is 0 Å². The predicted molar refractivity (Wildman–Crippen MR) is 52.7 cm³/mol. The fourth-order valence-corrected chi connectivity index (χ4v) is 1.46. The van der Waals surface area contributed by atoms with E-state index in [1.807, 2.05) is 0 Å². The van der Waals surface area contributed by atoms with Crippen molar-refractivity contribution < 1.29 is 29.5 Å². The molecule has 0 aliphatic heterocycles. The van der Waals surface area contributed by atoms with E-state index < -0.39 is 35.4 Å². The molecule has 8 nitrogen and oxygen atoms in total. The largest absolute Gasteiger partial charge is 0.502 e.